The molecule has 23 heavy (non-hydrogen) atoms. The molecule has 3 rings (SSSR count). The van der Waals surface area contributed by atoms with E-state index < -0.39 is 0 Å². The van der Waals surface area contributed by atoms with Gasteiger partial charge in [-0.05, 0) is 30.3 Å². The number of hydrogen-bond acceptors (Lipinski definition) is 5. The van der Waals surface area contributed by atoms with Gasteiger partial charge in [0, 0.05) is 16.3 Å². The first-order valence-corrected chi connectivity index (χ1v) is 8.14. The van der Waals surface area contributed by atoms with Gasteiger partial charge in [-0.15, -0.1) is 10.2 Å². The summed E-state index contributed by atoms with van der Waals surface area (Å²) in [6.07, 6.45) is 0. The normalized spacial score (nSPS) is 10.5. The van der Waals surface area contributed by atoms with Gasteiger partial charge in [0.25, 0.3) is 5.22 Å². The highest BCUT2D eigenvalue weighted by atomic mass is 35.5. The van der Waals surface area contributed by atoms with Gasteiger partial charge in [0.1, 0.15) is 0 Å². The average molecular weight is 346 g/mol. The Balaban J connectivity index is 1.58. The molecule has 1 heterocycles. The molecule has 1 N–H and O–H groups in total. The number of nitrogens with one attached hydrogen (secondary N) is 1. The van der Waals surface area contributed by atoms with Gasteiger partial charge in [0.15, 0.2) is 0 Å². The molecule has 0 bridgehead atoms. The smallest absolute Gasteiger partial charge is 0.277 e. The van der Waals surface area contributed by atoms with Crippen molar-refractivity contribution >= 4 is 35.0 Å². The quantitative estimate of drug-likeness (QED) is 0.704. The van der Waals surface area contributed by atoms with E-state index >= 15 is 0 Å². The molecule has 1 aromatic heterocycles. The van der Waals surface area contributed by atoms with Crippen molar-refractivity contribution in [2.75, 3.05) is 11.1 Å². The van der Waals surface area contributed by atoms with Gasteiger partial charge in [0.05, 0.1) is 5.75 Å². The highest BCUT2D eigenvalue weighted by Gasteiger charge is 2.11. The summed E-state index contributed by atoms with van der Waals surface area (Å²) in [5, 5.41) is 11.6. The summed E-state index contributed by atoms with van der Waals surface area (Å²) in [5.41, 5.74) is 1.49. The molecule has 0 atom stereocenters. The lowest BCUT2D eigenvalue weighted by molar-refractivity contribution is -0.113. The zero-order chi connectivity index (χ0) is 16.1. The van der Waals surface area contributed by atoms with E-state index in [1.54, 1.807) is 12.1 Å². The van der Waals surface area contributed by atoms with Crippen LogP contribution in [0.2, 0.25) is 5.02 Å². The van der Waals surface area contributed by atoms with Crippen LogP contribution < -0.4 is 5.32 Å². The van der Waals surface area contributed by atoms with Crippen LogP contribution in [0.1, 0.15) is 0 Å². The van der Waals surface area contributed by atoms with Crippen LogP contribution in [0.3, 0.4) is 0 Å². The molecule has 0 saturated carbocycles. The number of carbonyl (C=O) groups is 1. The van der Waals surface area contributed by atoms with Crippen molar-refractivity contribution in [3.8, 4) is 11.5 Å². The third-order valence-electron chi connectivity index (χ3n) is 2.86. The summed E-state index contributed by atoms with van der Waals surface area (Å²) in [5.74, 6) is 0.425. The molecule has 0 unspecified atom stereocenters. The second-order valence-corrected chi connectivity index (χ2v) is 5.95. The fourth-order valence-electron chi connectivity index (χ4n) is 1.85. The fourth-order valence-corrected chi connectivity index (χ4v) is 2.61. The number of thioether (sulfide) groups is 1. The van der Waals surface area contributed by atoms with Gasteiger partial charge >= 0.3 is 0 Å². The number of rotatable bonds is 5. The molecular weight excluding hydrogens is 334 g/mol. The van der Waals surface area contributed by atoms with E-state index in [0.717, 1.165) is 11.3 Å². The van der Waals surface area contributed by atoms with Crippen molar-refractivity contribution in [3.63, 3.8) is 0 Å². The van der Waals surface area contributed by atoms with Gasteiger partial charge in [0.2, 0.25) is 11.8 Å². The number of para-hydroxylation sites is 1. The third-order valence-corrected chi connectivity index (χ3v) is 3.92. The molecule has 0 saturated heterocycles. The maximum Gasteiger partial charge on any atom is 0.277 e. The largest absolute Gasteiger partial charge is 0.411 e. The first-order chi connectivity index (χ1) is 11.2. The first-order valence-electron chi connectivity index (χ1n) is 6.78. The number of halogens is 1. The zero-order valence-corrected chi connectivity index (χ0v) is 13.5. The lowest BCUT2D eigenvalue weighted by Gasteiger charge is -2.02. The first kappa shape index (κ1) is 15.6. The van der Waals surface area contributed by atoms with E-state index in [9.17, 15) is 4.79 Å². The Labute approximate surface area is 142 Å². The SMILES string of the molecule is O=C(CSc1nnc(-c2cccc(Cl)c2)o1)Nc1ccccc1. The van der Waals surface area contributed by atoms with Gasteiger partial charge in [-0.25, -0.2) is 0 Å². The maximum atomic E-state index is 11.9. The molecular formula is C16H12ClN3O2S. The minimum absolute atomic E-state index is 0.135. The van der Waals surface area contributed by atoms with E-state index in [2.05, 4.69) is 15.5 Å². The second kappa shape index (κ2) is 7.30. The molecule has 2 aromatic carbocycles. The summed E-state index contributed by atoms with van der Waals surface area (Å²) >= 11 is 7.12. The van der Waals surface area contributed by atoms with Crippen LogP contribution in [0.5, 0.6) is 0 Å². The number of benzene rings is 2. The molecule has 3 aromatic rings. The number of carbonyl (C=O) groups excluding carboxylic acids is 1. The topological polar surface area (TPSA) is 68.0 Å². The van der Waals surface area contributed by atoms with Crippen molar-refractivity contribution in [1.82, 2.24) is 10.2 Å². The second-order valence-electron chi connectivity index (χ2n) is 4.59. The number of anilines is 1. The lowest BCUT2D eigenvalue weighted by atomic mass is 10.2. The maximum absolute atomic E-state index is 11.9. The molecule has 0 fully saturated rings. The van der Waals surface area contributed by atoms with Crippen molar-refractivity contribution in [2.24, 2.45) is 0 Å². The molecule has 5 nitrogen and oxygen atoms in total. The number of aromatic nitrogens is 2. The monoisotopic (exact) mass is 345 g/mol. The summed E-state index contributed by atoms with van der Waals surface area (Å²) in [4.78, 5) is 11.9. The van der Waals surface area contributed by atoms with E-state index in [0.29, 0.717) is 16.1 Å². The zero-order valence-electron chi connectivity index (χ0n) is 11.9. The Morgan fingerprint density at radius 1 is 1.13 bits per heavy atom. The Bertz CT molecular complexity index is 808. The fraction of sp³-hybridized carbons (Fsp3) is 0.0625. The molecule has 1 amide bonds. The molecule has 0 aliphatic rings. The van der Waals surface area contributed by atoms with Crippen molar-refractivity contribution in [2.45, 2.75) is 5.22 Å². The van der Waals surface area contributed by atoms with Crippen LogP contribution in [0.4, 0.5) is 5.69 Å². The minimum atomic E-state index is -0.135. The van der Waals surface area contributed by atoms with E-state index in [4.69, 9.17) is 16.0 Å². The highest BCUT2D eigenvalue weighted by molar-refractivity contribution is 7.99. The molecule has 0 spiro atoms. The van der Waals surface area contributed by atoms with Crippen LogP contribution in [-0.2, 0) is 4.79 Å². The van der Waals surface area contributed by atoms with Gasteiger partial charge in [-0.3, -0.25) is 4.79 Å². The summed E-state index contributed by atoms with van der Waals surface area (Å²) in [6, 6.07) is 16.4. The third kappa shape index (κ3) is 4.34. The molecule has 0 radical (unpaired) electrons. The Morgan fingerprint density at radius 2 is 1.96 bits per heavy atom. The predicted molar refractivity (Wildman–Crippen MR) is 90.5 cm³/mol. The minimum Gasteiger partial charge on any atom is -0.411 e. The molecule has 0 aliphatic heterocycles. The number of amides is 1. The summed E-state index contributed by atoms with van der Waals surface area (Å²) in [6.45, 7) is 0. The Kier molecular flexibility index (Phi) is 4.95. The van der Waals surface area contributed by atoms with E-state index in [1.165, 1.54) is 11.8 Å². The Morgan fingerprint density at radius 3 is 2.74 bits per heavy atom. The van der Waals surface area contributed by atoms with Crippen molar-refractivity contribution in [3.05, 3.63) is 59.6 Å². The van der Waals surface area contributed by atoms with Crippen LogP contribution >= 0.6 is 23.4 Å². The van der Waals surface area contributed by atoms with Crippen LogP contribution in [-0.4, -0.2) is 21.9 Å². The molecule has 116 valence electrons. The standard InChI is InChI=1S/C16H12ClN3O2S/c17-12-6-4-5-11(9-12)15-19-20-16(22-15)23-10-14(21)18-13-7-2-1-3-8-13/h1-9H,10H2,(H,18,21). The van der Waals surface area contributed by atoms with Crippen LogP contribution in [0.15, 0.2) is 64.2 Å². The van der Waals surface area contributed by atoms with Gasteiger partial charge < -0.3 is 9.73 Å². The van der Waals surface area contributed by atoms with E-state index in [1.807, 2.05) is 42.5 Å². The summed E-state index contributed by atoms with van der Waals surface area (Å²) < 4.78 is 5.53. The molecule has 7 heteroatoms. The number of nitrogens with zero attached hydrogens (tertiary/aromatic N) is 2. The average Bonchev–Trinajstić information content (AvgIpc) is 3.03. The van der Waals surface area contributed by atoms with Gasteiger partial charge in [-0.1, -0.05) is 47.6 Å². The van der Waals surface area contributed by atoms with Crippen LogP contribution in [0.25, 0.3) is 11.5 Å². The Hall–Kier alpha value is -2.31. The highest BCUT2D eigenvalue weighted by Crippen LogP contribution is 2.25. The predicted octanol–water partition coefficient (Wildman–Crippen LogP) is 4.12. The van der Waals surface area contributed by atoms with Crippen molar-refractivity contribution in [1.29, 1.82) is 0 Å². The molecule has 0 aliphatic carbocycles. The summed E-state index contributed by atoms with van der Waals surface area (Å²) in [7, 11) is 0. The number of hydrogen-bond donors (Lipinski definition) is 1. The van der Waals surface area contributed by atoms with Crippen LogP contribution in [0, 0.1) is 0 Å². The lowest BCUT2D eigenvalue weighted by Crippen LogP contribution is -2.13. The van der Waals surface area contributed by atoms with Gasteiger partial charge in [-0.2, -0.15) is 0 Å². The van der Waals surface area contributed by atoms with E-state index in [-0.39, 0.29) is 11.7 Å². The van der Waals surface area contributed by atoms with Crippen molar-refractivity contribution < 1.29 is 9.21 Å².